The van der Waals surface area contributed by atoms with Crippen LogP contribution < -0.4 is 0 Å². The topological polar surface area (TPSA) is 41.3 Å². The number of hydrogen-bond donors (Lipinski definition) is 1. The van der Waals surface area contributed by atoms with Crippen molar-refractivity contribution in [1.82, 2.24) is 14.7 Å². The van der Waals surface area contributed by atoms with E-state index in [0.29, 0.717) is 0 Å². The maximum absolute atomic E-state index is 10.8. The number of rotatable bonds is 5. The van der Waals surface area contributed by atoms with Crippen LogP contribution in [0.3, 0.4) is 0 Å². The largest absolute Gasteiger partial charge is 0.391 e. The fraction of sp³-hybridized carbons (Fsp3) is 0.812. The van der Waals surface area contributed by atoms with Crippen molar-refractivity contribution in [1.29, 1.82) is 0 Å². The summed E-state index contributed by atoms with van der Waals surface area (Å²) in [6, 6.07) is 0. The molecule has 4 nitrogen and oxygen atoms in total. The van der Waals surface area contributed by atoms with Crippen LogP contribution in [0.15, 0.2) is 12.4 Å². The highest BCUT2D eigenvalue weighted by atomic mass is 16.3. The summed E-state index contributed by atoms with van der Waals surface area (Å²) in [7, 11) is 6.18. The highest BCUT2D eigenvalue weighted by Gasteiger charge is 2.39. The molecule has 1 saturated carbocycles. The average Bonchev–Trinajstić information content (AvgIpc) is 2.68. The van der Waals surface area contributed by atoms with Gasteiger partial charge in [0, 0.05) is 18.8 Å². The Hall–Kier alpha value is -0.870. The Kier molecular flexibility index (Phi) is 5.22. The lowest BCUT2D eigenvalue weighted by Gasteiger charge is -2.43. The van der Waals surface area contributed by atoms with E-state index in [0.717, 1.165) is 25.7 Å². The third-order valence-corrected chi connectivity index (χ3v) is 4.95. The van der Waals surface area contributed by atoms with Crippen LogP contribution in [0.25, 0.3) is 0 Å². The SMILES string of the molecule is CN(C)C1(C(O)CCc2cnn(C)c2)CCCCCC1. The molecular weight excluding hydrogens is 250 g/mol. The Bertz CT molecular complexity index is 406. The van der Waals surface area contributed by atoms with Gasteiger partial charge in [-0.1, -0.05) is 25.7 Å². The van der Waals surface area contributed by atoms with Gasteiger partial charge < -0.3 is 10.0 Å². The van der Waals surface area contributed by atoms with Gasteiger partial charge in [-0.25, -0.2) is 0 Å². The van der Waals surface area contributed by atoms with Gasteiger partial charge in [-0.2, -0.15) is 5.10 Å². The second-order valence-electron chi connectivity index (χ2n) is 6.49. The van der Waals surface area contributed by atoms with Crippen LogP contribution in [-0.2, 0) is 13.5 Å². The molecule has 1 aliphatic carbocycles. The van der Waals surface area contributed by atoms with Crippen molar-refractivity contribution in [3.8, 4) is 0 Å². The summed E-state index contributed by atoms with van der Waals surface area (Å²) in [5, 5.41) is 15.0. The summed E-state index contributed by atoms with van der Waals surface area (Å²) >= 11 is 0. The Morgan fingerprint density at radius 1 is 1.30 bits per heavy atom. The van der Waals surface area contributed by atoms with Crippen LogP contribution in [0.1, 0.15) is 50.5 Å². The molecule has 0 aromatic carbocycles. The quantitative estimate of drug-likeness (QED) is 0.841. The molecule has 0 radical (unpaired) electrons. The summed E-state index contributed by atoms with van der Waals surface area (Å²) in [6.45, 7) is 0. The zero-order valence-corrected chi connectivity index (χ0v) is 13.2. The molecule has 114 valence electrons. The maximum atomic E-state index is 10.8. The van der Waals surface area contributed by atoms with Gasteiger partial charge in [-0.3, -0.25) is 4.68 Å². The minimum Gasteiger partial charge on any atom is -0.391 e. The highest BCUT2D eigenvalue weighted by Crippen LogP contribution is 2.35. The lowest BCUT2D eigenvalue weighted by atomic mass is 9.81. The molecule has 20 heavy (non-hydrogen) atoms. The van der Waals surface area contributed by atoms with E-state index in [9.17, 15) is 5.11 Å². The van der Waals surface area contributed by atoms with Crippen molar-refractivity contribution < 1.29 is 5.11 Å². The molecule has 1 N–H and O–H groups in total. The maximum Gasteiger partial charge on any atom is 0.0726 e. The van der Waals surface area contributed by atoms with E-state index in [-0.39, 0.29) is 11.6 Å². The van der Waals surface area contributed by atoms with Gasteiger partial charge in [0.2, 0.25) is 0 Å². The third-order valence-electron chi connectivity index (χ3n) is 4.95. The number of aromatic nitrogens is 2. The van der Waals surface area contributed by atoms with Crippen molar-refractivity contribution in [2.45, 2.75) is 63.0 Å². The van der Waals surface area contributed by atoms with Crippen molar-refractivity contribution in [3.05, 3.63) is 18.0 Å². The fourth-order valence-corrected chi connectivity index (χ4v) is 3.59. The molecule has 1 atom stereocenters. The van der Waals surface area contributed by atoms with Crippen molar-refractivity contribution in [2.24, 2.45) is 7.05 Å². The molecule has 2 rings (SSSR count). The predicted octanol–water partition coefficient (Wildman–Crippen LogP) is 2.37. The average molecular weight is 279 g/mol. The summed E-state index contributed by atoms with van der Waals surface area (Å²) in [5.41, 5.74) is 1.19. The number of hydrogen-bond acceptors (Lipinski definition) is 3. The summed E-state index contributed by atoms with van der Waals surface area (Å²) in [5.74, 6) is 0. The highest BCUT2D eigenvalue weighted by molar-refractivity contribution is 5.05. The third kappa shape index (κ3) is 3.41. The van der Waals surface area contributed by atoms with E-state index in [1.807, 2.05) is 24.1 Å². The van der Waals surface area contributed by atoms with Gasteiger partial charge in [-0.05, 0) is 45.3 Å². The molecule has 4 heteroatoms. The van der Waals surface area contributed by atoms with E-state index in [1.165, 1.54) is 31.2 Å². The molecule has 0 spiro atoms. The van der Waals surface area contributed by atoms with Crippen LogP contribution in [0, 0.1) is 0 Å². The van der Waals surface area contributed by atoms with Crippen LogP contribution in [-0.4, -0.2) is 45.5 Å². The first-order chi connectivity index (χ1) is 9.54. The summed E-state index contributed by atoms with van der Waals surface area (Å²) in [6.07, 6.45) is 12.8. The Morgan fingerprint density at radius 2 is 1.95 bits per heavy atom. The standard InChI is InChI=1S/C16H29N3O/c1-18(2)16(10-6-4-5-7-11-16)15(20)9-8-14-12-17-19(3)13-14/h12-13,15,20H,4-11H2,1-3H3. The van der Waals surface area contributed by atoms with Gasteiger partial charge in [0.25, 0.3) is 0 Å². The molecule has 0 amide bonds. The van der Waals surface area contributed by atoms with Gasteiger partial charge in [0.15, 0.2) is 0 Å². The normalized spacial score (nSPS) is 20.9. The van der Waals surface area contributed by atoms with Crippen molar-refractivity contribution in [3.63, 3.8) is 0 Å². The molecule has 1 aromatic rings. The fourth-order valence-electron chi connectivity index (χ4n) is 3.59. The van der Waals surface area contributed by atoms with E-state index in [2.05, 4.69) is 24.1 Å². The van der Waals surface area contributed by atoms with E-state index in [4.69, 9.17) is 0 Å². The van der Waals surface area contributed by atoms with Gasteiger partial charge in [0.05, 0.1) is 12.3 Å². The van der Waals surface area contributed by atoms with Crippen LogP contribution in [0.4, 0.5) is 0 Å². The van der Waals surface area contributed by atoms with Gasteiger partial charge in [0.1, 0.15) is 0 Å². The number of likely N-dealkylation sites (N-methyl/N-ethyl adjacent to an activating group) is 1. The molecule has 1 aliphatic rings. The second kappa shape index (κ2) is 6.72. The van der Waals surface area contributed by atoms with Gasteiger partial charge in [-0.15, -0.1) is 0 Å². The zero-order valence-electron chi connectivity index (χ0n) is 13.2. The Labute approximate surface area is 122 Å². The number of nitrogens with zero attached hydrogens (tertiary/aromatic N) is 3. The van der Waals surface area contributed by atoms with E-state index in [1.54, 1.807) is 0 Å². The molecule has 1 heterocycles. The molecule has 0 saturated heterocycles. The number of aliphatic hydroxyl groups is 1. The molecule has 1 fully saturated rings. The van der Waals surface area contributed by atoms with Crippen LogP contribution in [0.5, 0.6) is 0 Å². The zero-order chi connectivity index (χ0) is 14.6. The lowest BCUT2D eigenvalue weighted by Crippen LogP contribution is -2.53. The number of aryl methyl sites for hydroxylation is 2. The first kappa shape index (κ1) is 15.5. The van der Waals surface area contributed by atoms with E-state index >= 15 is 0 Å². The molecule has 1 aromatic heterocycles. The van der Waals surface area contributed by atoms with Crippen molar-refractivity contribution >= 4 is 0 Å². The second-order valence-corrected chi connectivity index (χ2v) is 6.49. The van der Waals surface area contributed by atoms with E-state index < -0.39 is 0 Å². The molecule has 1 unspecified atom stereocenters. The molecule has 0 bridgehead atoms. The smallest absolute Gasteiger partial charge is 0.0726 e. The number of aliphatic hydroxyl groups excluding tert-OH is 1. The van der Waals surface area contributed by atoms with Crippen LogP contribution >= 0.6 is 0 Å². The first-order valence-electron chi connectivity index (χ1n) is 7.87. The molecular formula is C16H29N3O. The van der Waals surface area contributed by atoms with Crippen LogP contribution in [0.2, 0.25) is 0 Å². The Balaban J connectivity index is 2.00. The summed E-state index contributed by atoms with van der Waals surface area (Å²) < 4.78 is 1.83. The van der Waals surface area contributed by atoms with Gasteiger partial charge >= 0.3 is 0 Å². The molecule has 0 aliphatic heterocycles. The Morgan fingerprint density at radius 3 is 2.45 bits per heavy atom. The van der Waals surface area contributed by atoms with Crippen molar-refractivity contribution in [2.75, 3.05) is 14.1 Å². The lowest BCUT2D eigenvalue weighted by molar-refractivity contribution is -0.0221. The monoisotopic (exact) mass is 279 g/mol. The first-order valence-corrected chi connectivity index (χ1v) is 7.87. The minimum atomic E-state index is -0.254. The summed E-state index contributed by atoms with van der Waals surface area (Å²) in [4.78, 5) is 2.27. The predicted molar refractivity (Wildman–Crippen MR) is 81.7 cm³/mol. The minimum absolute atomic E-state index is 0.0291.